The Hall–Kier alpha value is -3.87. The molecule has 7 nitrogen and oxygen atoms in total. The van der Waals surface area contributed by atoms with Gasteiger partial charge in [0, 0.05) is 43.4 Å². The van der Waals surface area contributed by atoms with Crippen molar-refractivity contribution < 1.29 is 14.6 Å². The molecule has 188 valence electrons. The number of anilines is 1. The number of nitrogens with zero attached hydrogens (tertiary/aromatic N) is 2. The van der Waals surface area contributed by atoms with Crippen molar-refractivity contribution in [3.05, 3.63) is 90.0 Å². The molecule has 7 heteroatoms. The molecule has 3 heterocycles. The second-order valence-electron chi connectivity index (χ2n) is 9.08. The third-order valence-electron chi connectivity index (χ3n) is 6.32. The second kappa shape index (κ2) is 12.7. The molecule has 3 aromatic rings. The Morgan fingerprint density at radius 2 is 2.00 bits per heavy atom. The number of aryl methyl sites for hydroxylation is 2. The molecule has 36 heavy (non-hydrogen) atoms. The van der Waals surface area contributed by atoms with Crippen molar-refractivity contribution in [2.24, 2.45) is 0 Å². The fourth-order valence-corrected chi connectivity index (χ4v) is 4.34. The van der Waals surface area contributed by atoms with Gasteiger partial charge in [-0.05, 0) is 67.9 Å². The molecule has 1 amide bonds. The molecular weight excluding hydrogens is 452 g/mol. The minimum atomic E-state index is -0.313. The van der Waals surface area contributed by atoms with E-state index in [1.165, 1.54) is 5.56 Å². The highest BCUT2D eigenvalue weighted by Gasteiger charge is 2.16. The van der Waals surface area contributed by atoms with E-state index in [1.54, 1.807) is 12.3 Å². The molecule has 1 atom stereocenters. The van der Waals surface area contributed by atoms with Crippen LogP contribution in [0.3, 0.4) is 0 Å². The summed E-state index contributed by atoms with van der Waals surface area (Å²) in [4.78, 5) is 21.4. The number of aliphatic hydroxyl groups excluding tert-OH is 1. The van der Waals surface area contributed by atoms with Gasteiger partial charge in [-0.3, -0.25) is 4.79 Å². The van der Waals surface area contributed by atoms with Crippen molar-refractivity contribution in [2.45, 2.75) is 50.9 Å². The van der Waals surface area contributed by atoms with Crippen LogP contribution in [0.15, 0.2) is 73.1 Å². The summed E-state index contributed by atoms with van der Waals surface area (Å²) in [5.74, 6) is 1.95. The fourth-order valence-electron chi connectivity index (χ4n) is 4.34. The number of benzene rings is 1. The third-order valence-corrected chi connectivity index (χ3v) is 6.32. The Morgan fingerprint density at radius 1 is 1.14 bits per heavy atom. The quantitative estimate of drug-likeness (QED) is 0.224. The summed E-state index contributed by atoms with van der Waals surface area (Å²) in [5.41, 5.74) is 3.19. The highest BCUT2D eigenvalue weighted by molar-refractivity contribution is 5.75. The number of aliphatic hydroxyl groups is 1. The summed E-state index contributed by atoms with van der Waals surface area (Å²) in [5, 5.41) is 16.4. The predicted molar refractivity (Wildman–Crippen MR) is 141 cm³/mol. The Kier molecular flexibility index (Phi) is 8.92. The topological polar surface area (TPSA) is 96.4 Å². The first-order valence-electron chi connectivity index (χ1n) is 12.6. The number of hydrogen-bond acceptors (Lipinski definition) is 6. The lowest BCUT2D eigenvalue weighted by molar-refractivity contribution is -0.121. The number of carbonyl (C=O) groups is 1. The van der Waals surface area contributed by atoms with Crippen LogP contribution >= 0.6 is 0 Å². The van der Waals surface area contributed by atoms with Gasteiger partial charge in [0.05, 0.1) is 5.76 Å². The molecular formula is C29H34N4O3. The number of fused-ring (bicyclic) bond motifs is 1. The van der Waals surface area contributed by atoms with Crippen molar-refractivity contribution in [1.82, 2.24) is 15.3 Å². The maximum absolute atomic E-state index is 12.3. The number of rotatable bonds is 12. The first-order chi connectivity index (χ1) is 17.6. The van der Waals surface area contributed by atoms with Crippen molar-refractivity contribution >= 4 is 11.7 Å². The lowest BCUT2D eigenvalue weighted by Gasteiger charge is -2.17. The standard InChI is InChI=1S/C29H34N4O3/c1-21(34)26(23-14-16-28(32-20-23)36-25-10-3-2-4-11-25)17-19-30-27(35)12-6-5-9-24-15-13-22-8-7-18-31-29(22)33-24/h2-4,10-11,13-16,20,26,34H,1,5-9,12,17-19H2,(H,30,35)(H,31,33). The number of pyridine rings is 2. The van der Waals surface area contributed by atoms with Gasteiger partial charge in [-0.2, -0.15) is 0 Å². The minimum Gasteiger partial charge on any atom is -0.512 e. The summed E-state index contributed by atoms with van der Waals surface area (Å²) < 4.78 is 5.73. The number of amides is 1. The molecule has 0 fully saturated rings. The van der Waals surface area contributed by atoms with Crippen LogP contribution in [0, 0.1) is 0 Å². The van der Waals surface area contributed by atoms with Crippen LogP contribution in [0.1, 0.15) is 54.8 Å². The number of allylic oxidation sites excluding steroid dienone is 1. The lowest BCUT2D eigenvalue weighted by atomic mass is 9.95. The molecule has 1 aromatic carbocycles. The highest BCUT2D eigenvalue weighted by atomic mass is 16.5. The zero-order valence-corrected chi connectivity index (χ0v) is 20.6. The zero-order chi connectivity index (χ0) is 25.2. The van der Waals surface area contributed by atoms with Crippen LogP contribution < -0.4 is 15.4 Å². The van der Waals surface area contributed by atoms with Gasteiger partial charge in [0.15, 0.2) is 0 Å². The van der Waals surface area contributed by atoms with Gasteiger partial charge in [0.1, 0.15) is 11.6 Å². The van der Waals surface area contributed by atoms with Crippen molar-refractivity contribution in [3.63, 3.8) is 0 Å². The minimum absolute atomic E-state index is 0.0158. The molecule has 1 aliphatic rings. The highest BCUT2D eigenvalue weighted by Crippen LogP contribution is 2.27. The predicted octanol–water partition coefficient (Wildman–Crippen LogP) is 5.70. The van der Waals surface area contributed by atoms with E-state index in [-0.39, 0.29) is 17.6 Å². The monoisotopic (exact) mass is 486 g/mol. The van der Waals surface area contributed by atoms with E-state index >= 15 is 0 Å². The van der Waals surface area contributed by atoms with Crippen LogP contribution in [-0.4, -0.2) is 34.1 Å². The average molecular weight is 487 g/mol. The molecule has 2 aromatic heterocycles. The number of ether oxygens (including phenoxy) is 1. The Balaban J connectivity index is 1.17. The van der Waals surface area contributed by atoms with E-state index in [9.17, 15) is 9.90 Å². The van der Waals surface area contributed by atoms with E-state index in [0.29, 0.717) is 31.0 Å². The van der Waals surface area contributed by atoms with E-state index in [1.807, 2.05) is 36.4 Å². The summed E-state index contributed by atoms with van der Waals surface area (Å²) in [6.07, 6.45) is 7.52. The number of hydrogen-bond donors (Lipinski definition) is 3. The van der Waals surface area contributed by atoms with Crippen LogP contribution in [0.4, 0.5) is 5.82 Å². The Morgan fingerprint density at radius 3 is 2.78 bits per heavy atom. The lowest BCUT2D eigenvalue weighted by Crippen LogP contribution is -2.25. The Bertz CT molecular complexity index is 1150. The van der Waals surface area contributed by atoms with Gasteiger partial charge in [-0.25, -0.2) is 9.97 Å². The molecule has 0 aliphatic carbocycles. The number of nitrogens with one attached hydrogen (secondary N) is 2. The van der Waals surface area contributed by atoms with E-state index in [0.717, 1.165) is 55.7 Å². The summed E-state index contributed by atoms with van der Waals surface area (Å²) in [7, 11) is 0. The molecule has 1 aliphatic heterocycles. The van der Waals surface area contributed by atoms with Crippen LogP contribution in [0.5, 0.6) is 11.6 Å². The zero-order valence-electron chi connectivity index (χ0n) is 20.6. The normalized spacial score (nSPS) is 13.2. The van der Waals surface area contributed by atoms with Crippen LogP contribution in [0.2, 0.25) is 0 Å². The number of carbonyl (C=O) groups excluding carboxylic acids is 1. The molecule has 0 bridgehead atoms. The summed E-state index contributed by atoms with van der Waals surface area (Å²) in [6.45, 7) is 5.14. The van der Waals surface area contributed by atoms with E-state index < -0.39 is 0 Å². The SMILES string of the molecule is C=C(O)C(CCNC(=O)CCCCc1ccc2c(n1)NCCC2)c1ccc(Oc2ccccc2)nc1. The fraction of sp³-hybridized carbons (Fsp3) is 0.345. The number of unbranched alkanes of at least 4 members (excludes halogenated alkanes) is 1. The maximum atomic E-state index is 12.3. The third kappa shape index (κ3) is 7.31. The van der Waals surface area contributed by atoms with Crippen molar-refractivity contribution in [3.8, 4) is 11.6 Å². The summed E-state index contributed by atoms with van der Waals surface area (Å²) in [6, 6.07) is 17.3. The van der Waals surface area contributed by atoms with Crippen LogP contribution in [0.25, 0.3) is 0 Å². The molecule has 4 rings (SSSR count). The van der Waals surface area contributed by atoms with Gasteiger partial charge in [-0.15, -0.1) is 0 Å². The molecule has 1 unspecified atom stereocenters. The number of para-hydroxylation sites is 1. The first kappa shape index (κ1) is 25.2. The van der Waals surface area contributed by atoms with Gasteiger partial charge in [0.25, 0.3) is 0 Å². The largest absolute Gasteiger partial charge is 0.512 e. The van der Waals surface area contributed by atoms with Crippen LogP contribution in [-0.2, 0) is 17.6 Å². The molecule has 0 saturated heterocycles. The molecule has 0 spiro atoms. The summed E-state index contributed by atoms with van der Waals surface area (Å²) >= 11 is 0. The van der Waals surface area contributed by atoms with Gasteiger partial charge >= 0.3 is 0 Å². The first-order valence-corrected chi connectivity index (χ1v) is 12.6. The Labute approximate surface area is 212 Å². The second-order valence-corrected chi connectivity index (χ2v) is 9.08. The van der Waals surface area contributed by atoms with E-state index in [2.05, 4.69) is 34.3 Å². The molecule has 3 N–H and O–H groups in total. The van der Waals surface area contributed by atoms with Gasteiger partial charge in [0.2, 0.25) is 11.8 Å². The smallest absolute Gasteiger partial charge is 0.219 e. The number of aromatic nitrogens is 2. The van der Waals surface area contributed by atoms with Gasteiger partial charge in [-0.1, -0.05) is 36.9 Å². The molecule has 0 saturated carbocycles. The van der Waals surface area contributed by atoms with E-state index in [4.69, 9.17) is 9.72 Å². The maximum Gasteiger partial charge on any atom is 0.219 e. The van der Waals surface area contributed by atoms with Gasteiger partial charge < -0.3 is 20.5 Å². The average Bonchev–Trinajstić information content (AvgIpc) is 2.90. The molecule has 0 radical (unpaired) electrons. The van der Waals surface area contributed by atoms with Crippen molar-refractivity contribution in [2.75, 3.05) is 18.4 Å². The van der Waals surface area contributed by atoms with Crippen molar-refractivity contribution in [1.29, 1.82) is 0 Å².